The van der Waals surface area contributed by atoms with Crippen LogP contribution in [0.3, 0.4) is 0 Å². The van der Waals surface area contributed by atoms with Crippen molar-refractivity contribution in [1.29, 1.82) is 0 Å². The molecule has 0 radical (unpaired) electrons. The molecular formula is C17H24FNO2. The van der Waals surface area contributed by atoms with Crippen LogP contribution in [0.2, 0.25) is 0 Å². The van der Waals surface area contributed by atoms with E-state index in [0.29, 0.717) is 18.0 Å². The van der Waals surface area contributed by atoms with E-state index in [4.69, 9.17) is 0 Å². The molecule has 21 heavy (non-hydrogen) atoms. The lowest BCUT2D eigenvalue weighted by Gasteiger charge is -2.26. The van der Waals surface area contributed by atoms with E-state index in [2.05, 4.69) is 12.2 Å². The van der Waals surface area contributed by atoms with E-state index in [-0.39, 0.29) is 12.3 Å². The summed E-state index contributed by atoms with van der Waals surface area (Å²) < 4.78 is 13.1. The van der Waals surface area contributed by atoms with Gasteiger partial charge in [0.1, 0.15) is 5.82 Å². The van der Waals surface area contributed by atoms with Crippen molar-refractivity contribution in [2.75, 3.05) is 6.54 Å². The number of carbonyl (C=O) groups is 1. The molecule has 116 valence electrons. The smallest absolute Gasteiger partial charge is 0.222 e. The fourth-order valence-corrected chi connectivity index (χ4v) is 3.08. The van der Waals surface area contributed by atoms with Gasteiger partial charge in [0, 0.05) is 6.54 Å². The van der Waals surface area contributed by atoms with Gasteiger partial charge in [-0.3, -0.25) is 4.79 Å². The monoisotopic (exact) mass is 293 g/mol. The highest BCUT2D eigenvalue weighted by Crippen LogP contribution is 2.28. The number of hydrogen-bond donors (Lipinski definition) is 2. The minimum Gasteiger partial charge on any atom is -0.388 e. The molecule has 0 aliphatic heterocycles. The average molecular weight is 293 g/mol. The van der Waals surface area contributed by atoms with Crippen LogP contribution in [-0.4, -0.2) is 17.6 Å². The minimum atomic E-state index is -0.953. The molecule has 1 aliphatic rings. The van der Waals surface area contributed by atoms with Crippen LogP contribution >= 0.6 is 0 Å². The van der Waals surface area contributed by atoms with Crippen molar-refractivity contribution >= 4 is 5.91 Å². The van der Waals surface area contributed by atoms with E-state index in [1.165, 1.54) is 31.0 Å². The van der Waals surface area contributed by atoms with E-state index >= 15 is 0 Å². The Morgan fingerprint density at radius 1 is 1.48 bits per heavy atom. The first-order chi connectivity index (χ1) is 10.0. The van der Waals surface area contributed by atoms with Crippen LogP contribution in [0.5, 0.6) is 0 Å². The maximum absolute atomic E-state index is 13.1. The number of amides is 1. The summed E-state index contributed by atoms with van der Waals surface area (Å²) in [7, 11) is 0. The number of benzene rings is 1. The predicted octanol–water partition coefficient (Wildman–Crippen LogP) is 3.19. The van der Waals surface area contributed by atoms with Gasteiger partial charge in [0.15, 0.2) is 0 Å². The molecular weight excluding hydrogens is 269 g/mol. The van der Waals surface area contributed by atoms with Crippen LogP contribution in [0.1, 0.15) is 50.7 Å². The Hall–Kier alpha value is -1.42. The van der Waals surface area contributed by atoms with Gasteiger partial charge in [-0.15, -0.1) is 0 Å². The topological polar surface area (TPSA) is 49.3 Å². The van der Waals surface area contributed by atoms with Crippen LogP contribution in [0.4, 0.5) is 4.39 Å². The Morgan fingerprint density at radius 3 is 3.00 bits per heavy atom. The highest BCUT2D eigenvalue weighted by Gasteiger charge is 2.20. The van der Waals surface area contributed by atoms with Gasteiger partial charge in [0.2, 0.25) is 5.91 Å². The van der Waals surface area contributed by atoms with Crippen LogP contribution in [-0.2, 0) is 4.79 Å². The molecule has 2 rings (SSSR count). The van der Waals surface area contributed by atoms with E-state index in [9.17, 15) is 14.3 Å². The van der Waals surface area contributed by atoms with Crippen LogP contribution in [0, 0.1) is 17.7 Å². The molecule has 1 aromatic carbocycles. The molecule has 1 saturated carbocycles. The zero-order valence-electron chi connectivity index (χ0n) is 12.5. The summed E-state index contributed by atoms with van der Waals surface area (Å²) in [5, 5.41) is 12.9. The third kappa shape index (κ3) is 5.12. The molecule has 1 aliphatic carbocycles. The summed E-state index contributed by atoms with van der Waals surface area (Å²) in [6.45, 7) is 2.93. The highest BCUT2D eigenvalue weighted by molar-refractivity contribution is 5.76. The lowest BCUT2D eigenvalue weighted by Crippen LogP contribution is -2.32. The van der Waals surface area contributed by atoms with Crippen molar-refractivity contribution in [2.24, 2.45) is 11.8 Å². The molecule has 4 heteroatoms. The third-order valence-electron chi connectivity index (χ3n) is 4.25. The summed E-state index contributed by atoms with van der Waals surface area (Å²) >= 11 is 0. The van der Waals surface area contributed by atoms with E-state index < -0.39 is 11.9 Å². The van der Waals surface area contributed by atoms with Crippen molar-refractivity contribution < 1.29 is 14.3 Å². The normalized spacial score (nSPS) is 23.6. The number of aliphatic hydroxyl groups is 1. The Bertz CT molecular complexity index is 478. The van der Waals surface area contributed by atoms with Crippen molar-refractivity contribution in [3.05, 3.63) is 35.6 Å². The van der Waals surface area contributed by atoms with Gasteiger partial charge in [-0.2, -0.15) is 0 Å². The van der Waals surface area contributed by atoms with Crippen molar-refractivity contribution in [3.63, 3.8) is 0 Å². The van der Waals surface area contributed by atoms with Crippen LogP contribution < -0.4 is 5.32 Å². The molecule has 2 N–H and O–H groups in total. The van der Waals surface area contributed by atoms with Gasteiger partial charge < -0.3 is 10.4 Å². The summed E-state index contributed by atoms with van der Waals surface area (Å²) in [6, 6.07) is 5.75. The predicted molar refractivity (Wildman–Crippen MR) is 80.1 cm³/mol. The standard InChI is InChI=1S/C17H24FNO2/c1-12-4-2-5-13(8-12)11-19-17(21)10-16(20)14-6-3-7-15(18)9-14/h3,6-7,9,12-13,16,20H,2,4-5,8,10-11H2,1H3,(H,19,21). The zero-order chi connectivity index (χ0) is 15.2. The number of hydrogen-bond acceptors (Lipinski definition) is 2. The number of aliphatic hydroxyl groups excluding tert-OH is 1. The molecule has 0 saturated heterocycles. The van der Waals surface area contributed by atoms with Gasteiger partial charge in [-0.05, 0) is 42.4 Å². The van der Waals surface area contributed by atoms with Gasteiger partial charge in [-0.1, -0.05) is 31.9 Å². The van der Waals surface area contributed by atoms with Crippen molar-refractivity contribution in [2.45, 2.75) is 45.1 Å². The maximum Gasteiger partial charge on any atom is 0.222 e. The molecule has 0 heterocycles. The summed E-state index contributed by atoms with van der Waals surface area (Å²) in [6.07, 6.45) is 3.86. The molecule has 0 bridgehead atoms. The number of halogens is 1. The number of rotatable bonds is 5. The lowest BCUT2D eigenvalue weighted by molar-refractivity contribution is -0.123. The van der Waals surface area contributed by atoms with E-state index in [1.54, 1.807) is 6.07 Å². The molecule has 1 aromatic rings. The minimum absolute atomic E-state index is 0.0221. The van der Waals surface area contributed by atoms with Gasteiger partial charge in [0.25, 0.3) is 0 Å². The molecule has 0 aromatic heterocycles. The summed E-state index contributed by atoms with van der Waals surface area (Å²) in [5.74, 6) is 0.704. The van der Waals surface area contributed by atoms with Gasteiger partial charge in [-0.25, -0.2) is 4.39 Å². The van der Waals surface area contributed by atoms with E-state index in [1.807, 2.05) is 0 Å². The van der Waals surface area contributed by atoms with Gasteiger partial charge >= 0.3 is 0 Å². The third-order valence-corrected chi connectivity index (χ3v) is 4.25. The summed E-state index contributed by atoms with van der Waals surface area (Å²) in [5.41, 5.74) is 0.441. The second-order valence-electron chi connectivity index (χ2n) is 6.22. The molecule has 3 atom stereocenters. The SMILES string of the molecule is CC1CCCC(CNC(=O)CC(O)c2cccc(F)c2)C1. The van der Waals surface area contributed by atoms with Crippen LogP contribution in [0.15, 0.2) is 24.3 Å². The molecule has 3 nitrogen and oxygen atoms in total. The fraction of sp³-hybridized carbons (Fsp3) is 0.588. The second kappa shape index (κ2) is 7.55. The molecule has 0 spiro atoms. The summed E-state index contributed by atoms with van der Waals surface area (Å²) in [4.78, 5) is 11.9. The van der Waals surface area contributed by atoms with E-state index in [0.717, 1.165) is 18.8 Å². The van der Waals surface area contributed by atoms with Crippen molar-refractivity contribution in [3.8, 4) is 0 Å². The first-order valence-electron chi connectivity index (χ1n) is 7.75. The van der Waals surface area contributed by atoms with Crippen LogP contribution in [0.25, 0.3) is 0 Å². The first kappa shape index (κ1) is 16.0. The largest absolute Gasteiger partial charge is 0.388 e. The highest BCUT2D eigenvalue weighted by atomic mass is 19.1. The molecule has 1 fully saturated rings. The van der Waals surface area contributed by atoms with Gasteiger partial charge in [0.05, 0.1) is 12.5 Å². The Morgan fingerprint density at radius 2 is 2.29 bits per heavy atom. The average Bonchev–Trinajstić information content (AvgIpc) is 2.45. The number of nitrogens with one attached hydrogen (secondary N) is 1. The zero-order valence-corrected chi connectivity index (χ0v) is 12.5. The molecule has 3 unspecified atom stereocenters. The molecule has 1 amide bonds. The Balaban J connectivity index is 1.76. The second-order valence-corrected chi connectivity index (χ2v) is 6.22. The maximum atomic E-state index is 13.1. The Labute approximate surface area is 125 Å². The van der Waals surface area contributed by atoms with Crippen molar-refractivity contribution in [1.82, 2.24) is 5.32 Å². The lowest BCUT2D eigenvalue weighted by atomic mass is 9.82. The quantitative estimate of drug-likeness (QED) is 0.876. The first-order valence-corrected chi connectivity index (χ1v) is 7.75. The number of carbonyl (C=O) groups excluding carboxylic acids is 1. The Kier molecular flexibility index (Phi) is 5.74. The fourth-order valence-electron chi connectivity index (χ4n) is 3.08.